The fourth-order valence-corrected chi connectivity index (χ4v) is 3.26. The van der Waals surface area contributed by atoms with Crippen LogP contribution in [0.25, 0.3) is 0 Å². The molecule has 1 aliphatic rings. The van der Waals surface area contributed by atoms with E-state index >= 15 is 0 Å². The van der Waals surface area contributed by atoms with Crippen LogP contribution in [0, 0.1) is 5.92 Å². The number of nitrogens with zero attached hydrogens (tertiary/aromatic N) is 1. The van der Waals surface area contributed by atoms with Gasteiger partial charge in [-0.1, -0.05) is 60.7 Å². The molecule has 4 nitrogen and oxygen atoms in total. The maximum Gasteiger partial charge on any atom is 0.227 e. The topological polar surface area (TPSA) is 52.6 Å². The summed E-state index contributed by atoms with van der Waals surface area (Å²) in [4.78, 5) is 14.9. The largest absolute Gasteiger partial charge is 0.392 e. The van der Waals surface area contributed by atoms with Gasteiger partial charge in [-0.25, -0.2) is 0 Å². The maximum absolute atomic E-state index is 12.8. The second-order valence-electron chi connectivity index (χ2n) is 6.49. The van der Waals surface area contributed by atoms with Crippen molar-refractivity contribution in [3.8, 4) is 0 Å². The molecule has 0 aliphatic carbocycles. The van der Waals surface area contributed by atoms with Crippen LogP contribution in [-0.2, 0) is 4.79 Å². The van der Waals surface area contributed by atoms with Gasteiger partial charge in [0, 0.05) is 13.1 Å². The van der Waals surface area contributed by atoms with Crippen molar-refractivity contribution in [2.75, 3.05) is 20.1 Å². The summed E-state index contributed by atoms with van der Waals surface area (Å²) in [5.74, 6) is -0.481. The standard InChI is InChI=1S/C20H24N2O2/c1-22-13-12-18(23)17(14-22)20(24)21-19(15-8-4-2-5-9-15)16-10-6-3-7-11-16/h2-11,17-19,23H,12-14H2,1H3,(H,21,24)/t17-,18+/m1/s1. The van der Waals surface area contributed by atoms with E-state index in [4.69, 9.17) is 0 Å². The van der Waals surface area contributed by atoms with E-state index in [-0.39, 0.29) is 11.9 Å². The van der Waals surface area contributed by atoms with Crippen LogP contribution < -0.4 is 5.32 Å². The number of benzene rings is 2. The zero-order valence-corrected chi connectivity index (χ0v) is 13.9. The zero-order valence-electron chi connectivity index (χ0n) is 13.9. The second kappa shape index (κ2) is 7.60. The maximum atomic E-state index is 12.8. The van der Waals surface area contributed by atoms with Crippen LogP contribution in [0.1, 0.15) is 23.6 Å². The molecular weight excluding hydrogens is 300 g/mol. The van der Waals surface area contributed by atoms with E-state index < -0.39 is 12.0 Å². The number of carbonyl (C=O) groups excluding carboxylic acids is 1. The average Bonchev–Trinajstić information content (AvgIpc) is 2.63. The van der Waals surface area contributed by atoms with Crippen LogP contribution in [-0.4, -0.2) is 42.2 Å². The highest BCUT2D eigenvalue weighted by atomic mass is 16.3. The van der Waals surface area contributed by atoms with Gasteiger partial charge in [-0.15, -0.1) is 0 Å². The van der Waals surface area contributed by atoms with Gasteiger partial charge in [0.05, 0.1) is 18.1 Å². The smallest absolute Gasteiger partial charge is 0.227 e. The summed E-state index contributed by atoms with van der Waals surface area (Å²) in [6.45, 7) is 1.41. The first kappa shape index (κ1) is 16.7. The van der Waals surface area contributed by atoms with Crippen LogP contribution in [0.5, 0.6) is 0 Å². The number of rotatable bonds is 4. The number of nitrogens with one attached hydrogen (secondary N) is 1. The molecule has 1 amide bonds. The molecule has 1 aliphatic heterocycles. The third-order valence-electron chi connectivity index (χ3n) is 4.67. The lowest BCUT2D eigenvalue weighted by atomic mass is 9.92. The van der Waals surface area contributed by atoms with Gasteiger partial charge in [0.15, 0.2) is 0 Å². The summed E-state index contributed by atoms with van der Waals surface area (Å²) < 4.78 is 0. The molecule has 4 heteroatoms. The Kier molecular flexibility index (Phi) is 5.28. The Labute approximate surface area is 143 Å². The summed E-state index contributed by atoms with van der Waals surface area (Å²) in [5, 5.41) is 13.4. The van der Waals surface area contributed by atoms with Gasteiger partial charge in [0.1, 0.15) is 0 Å². The summed E-state index contributed by atoms with van der Waals surface area (Å²) in [6, 6.07) is 19.7. The van der Waals surface area contributed by atoms with E-state index in [2.05, 4.69) is 10.2 Å². The molecular formula is C20H24N2O2. The Hall–Kier alpha value is -2.17. The quantitative estimate of drug-likeness (QED) is 0.906. The van der Waals surface area contributed by atoms with Gasteiger partial charge in [-0.2, -0.15) is 0 Å². The molecule has 0 unspecified atom stereocenters. The minimum Gasteiger partial charge on any atom is -0.392 e. The molecule has 1 heterocycles. The number of hydrogen-bond donors (Lipinski definition) is 2. The molecule has 0 bridgehead atoms. The van der Waals surface area contributed by atoms with E-state index in [1.807, 2.05) is 67.7 Å². The second-order valence-corrected chi connectivity index (χ2v) is 6.49. The number of piperidine rings is 1. The van der Waals surface area contributed by atoms with Crippen molar-refractivity contribution >= 4 is 5.91 Å². The first-order valence-electron chi connectivity index (χ1n) is 8.42. The van der Waals surface area contributed by atoms with Crippen LogP contribution in [0.4, 0.5) is 0 Å². The third kappa shape index (κ3) is 3.83. The minimum absolute atomic E-state index is 0.0910. The zero-order chi connectivity index (χ0) is 16.9. The van der Waals surface area contributed by atoms with Crippen molar-refractivity contribution in [3.05, 3.63) is 71.8 Å². The van der Waals surface area contributed by atoms with Crippen molar-refractivity contribution in [1.29, 1.82) is 0 Å². The Morgan fingerprint density at radius 1 is 1.08 bits per heavy atom. The molecule has 2 atom stereocenters. The fraction of sp³-hybridized carbons (Fsp3) is 0.350. The molecule has 1 saturated heterocycles. The van der Waals surface area contributed by atoms with Crippen molar-refractivity contribution < 1.29 is 9.90 Å². The lowest BCUT2D eigenvalue weighted by molar-refractivity contribution is -0.131. The molecule has 0 saturated carbocycles. The van der Waals surface area contributed by atoms with E-state index in [0.29, 0.717) is 13.0 Å². The number of hydrogen-bond acceptors (Lipinski definition) is 3. The fourth-order valence-electron chi connectivity index (χ4n) is 3.26. The van der Waals surface area contributed by atoms with Crippen molar-refractivity contribution in [2.45, 2.75) is 18.6 Å². The highest BCUT2D eigenvalue weighted by Crippen LogP contribution is 2.24. The van der Waals surface area contributed by atoms with Gasteiger partial charge in [0.25, 0.3) is 0 Å². The predicted octanol–water partition coefficient (Wildman–Crippen LogP) is 2.20. The van der Waals surface area contributed by atoms with E-state index in [0.717, 1.165) is 17.7 Å². The third-order valence-corrected chi connectivity index (χ3v) is 4.67. The highest BCUT2D eigenvalue weighted by molar-refractivity contribution is 5.80. The molecule has 0 radical (unpaired) electrons. The van der Waals surface area contributed by atoms with Gasteiger partial charge in [0.2, 0.25) is 5.91 Å². The minimum atomic E-state index is -0.576. The number of aliphatic hydroxyl groups is 1. The first-order chi connectivity index (χ1) is 11.6. The van der Waals surface area contributed by atoms with Gasteiger partial charge in [-0.05, 0) is 24.6 Å². The lowest BCUT2D eigenvalue weighted by Crippen LogP contribution is -2.49. The Balaban J connectivity index is 1.83. The molecule has 1 fully saturated rings. The molecule has 24 heavy (non-hydrogen) atoms. The molecule has 0 spiro atoms. The van der Waals surface area contributed by atoms with Crippen molar-refractivity contribution in [2.24, 2.45) is 5.92 Å². The van der Waals surface area contributed by atoms with E-state index in [1.54, 1.807) is 0 Å². The van der Waals surface area contributed by atoms with E-state index in [9.17, 15) is 9.90 Å². The Morgan fingerprint density at radius 3 is 2.17 bits per heavy atom. The Morgan fingerprint density at radius 2 is 1.62 bits per heavy atom. The van der Waals surface area contributed by atoms with Gasteiger partial charge >= 0.3 is 0 Å². The summed E-state index contributed by atoms with van der Waals surface area (Å²) in [7, 11) is 1.98. The normalized spacial score (nSPS) is 21.6. The Bertz CT molecular complexity index is 620. The summed E-state index contributed by atoms with van der Waals surface area (Å²) >= 11 is 0. The van der Waals surface area contributed by atoms with Gasteiger partial charge < -0.3 is 15.3 Å². The number of aliphatic hydroxyl groups excluding tert-OH is 1. The average molecular weight is 324 g/mol. The van der Waals surface area contributed by atoms with Crippen molar-refractivity contribution in [3.63, 3.8) is 0 Å². The number of amides is 1. The summed E-state index contributed by atoms with van der Waals surface area (Å²) in [6.07, 6.45) is 0.0593. The predicted molar refractivity (Wildman–Crippen MR) is 94.5 cm³/mol. The van der Waals surface area contributed by atoms with Crippen LogP contribution in [0.3, 0.4) is 0 Å². The highest BCUT2D eigenvalue weighted by Gasteiger charge is 2.33. The molecule has 2 aromatic rings. The van der Waals surface area contributed by atoms with Crippen LogP contribution >= 0.6 is 0 Å². The number of likely N-dealkylation sites (tertiary alicyclic amines) is 1. The van der Waals surface area contributed by atoms with Gasteiger partial charge in [-0.3, -0.25) is 4.79 Å². The van der Waals surface area contributed by atoms with Crippen LogP contribution in [0.15, 0.2) is 60.7 Å². The van der Waals surface area contributed by atoms with E-state index in [1.165, 1.54) is 0 Å². The molecule has 126 valence electrons. The number of carbonyl (C=O) groups is 1. The monoisotopic (exact) mass is 324 g/mol. The molecule has 3 rings (SSSR count). The molecule has 2 N–H and O–H groups in total. The van der Waals surface area contributed by atoms with Crippen LogP contribution in [0.2, 0.25) is 0 Å². The lowest BCUT2D eigenvalue weighted by Gasteiger charge is -2.34. The molecule has 0 aromatic heterocycles. The summed E-state index contributed by atoms with van der Waals surface area (Å²) in [5.41, 5.74) is 2.08. The first-order valence-corrected chi connectivity index (χ1v) is 8.42. The SMILES string of the molecule is CN1CC[C@H](O)[C@H](C(=O)NC(c2ccccc2)c2ccccc2)C1. The van der Waals surface area contributed by atoms with Crippen molar-refractivity contribution in [1.82, 2.24) is 10.2 Å². The molecule has 2 aromatic carbocycles.